The van der Waals surface area contributed by atoms with E-state index in [-0.39, 0.29) is 0 Å². The van der Waals surface area contributed by atoms with Crippen molar-refractivity contribution in [2.24, 2.45) is 0 Å². The topological polar surface area (TPSA) is 83.3 Å². The minimum Gasteiger partial charge on any atom is -0.496 e. The van der Waals surface area contributed by atoms with Crippen LogP contribution in [0.4, 0.5) is 5.95 Å². The zero-order valence-electron chi connectivity index (χ0n) is 12.9. The first-order valence-corrected chi connectivity index (χ1v) is 6.63. The van der Waals surface area contributed by atoms with Gasteiger partial charge in [0, 0.05) is 18.2 Å². The fourth-order valence-electron chi connectivity index (χ4n) is 1.98. The Morgan fingerprint density at radius 2 is 1.82 bits per heavy atom. The van der Waals surface area contributed by atoms with Crippen LogP contribution in [0.15, 0.2) is 24.8 Å². The quantitative estimate of drug-likeness (QED) is 0.740. The van der Waals surface area contributed by atoms with Crippen LogP contribution < -0.4 is 19.5 Å². The molecule has 0 bridgehead atoms. The van der Waals surface area contributed by atoms with Crippen LogP contribution in [0.25, 0.3) is 0 Å². The number of ether oxygens (including phenoxy) is 3. The van der Waals surface area contributed by atoms with E-state index >= 15 is 0 Å². The summed E-state index contributed by atoms with van der Waals surface area (Å²) in [6, 6.07) is 3.63. The number of allylic oxidation sites excluding steroid dienone is 1. The Hall–Kier alpha value is -2.77. The molecule has 1 aromatic heterocycles. The monoisotopic (exact) mass is 305 g/mol. The number of hydrogen-bond acceptors (Lipinski definition) is 7. The van der Waals surface area contributed by atoms with Crippen molar-refractivity contribution in [1.29, 1.82) is 0 Å². The van der Waals surface area contributed by atoms with Crippen LogP contribution in [0.2, 0.25) is 0 Å². The fraction of sp³-hybridized carbons (Fsp3) is 0.357. The Balaban J connectivity index is 2.21. The van der Waals surface area contributed by atoms with Gasteiger partial charge in [0.1, 0.15) is 5.75 Å². The summed E-state index contributed by atoms with van der Waals surface area (Å²) in [4.78, 5) is 0. The molecule has 1 aromatic carbocycles. The van der Waals surface area contributed by atoms with Crippen LogP contribution in [0.3, 0.4) is 0 Å². The predicted molar refractivity (Wildman–Crippen MR) is 81.4 cm³/mol. The van der Waals surface area contributed by atoms with Gasteiger partial charge >= 0.3 is 0 Å². The van der Waals surface area contributed by atoms with Crippen molar-refractivity contribution < 1.29 is 14.2 Å². The van der Waals surface area contributed by atoms with Gasteiger partial charge in [0.05, 0.1) is 27.9 Å². The summed E-state index contributed by atoms with van der Waals surface area (Å²) in [6.45, 7) is 4.67. The molecule has 0 aliphatic carbocycles. The molecule has 0 aliphatic heterocycles. The van der Waals surface area contributed by atoms with Crippen molar-refractivity contribution in [3.63, 3.8) is 0 Å². The number of nitrogens with one attached hydrogen (secondary N) is 1. The van der Waals surface area contributed by atoms with Gasteiger partial charge < -0.3 is 19.5 Å². The summed E-state index contributed by atoms with van der Waals surface area (Å²) in [6.07, 6.45) is 1.72. The molecule has 0 saturated heterocycles. The highest BCUT2D eigenvalue weighted by Gasteiger charge is 2.13. The predicted octanol–water partition coefficient (Wildman–Crippen LogP) is 1.50. The van der Waals surface area contributed by atoms with Gasteiger partial charge in [0.15, 0.2) is 11.5 Å². The zero-order chi connectivity index (χ0) is 15.9. The van der Waals surface area contributed by atoms with Gasteiger partial charge in [-0.05, 0) is 16.5 Å². The second kappa shape index (κ2) is 7.30. The van der Waals surface area contributed by atoms with Crippen molar-refractivity contribution in [3.05, 3.63) is 30.4 Å². The Labute approximate surface area is 128 Å². The highest BCUT2D eigenvalue weighted by atomic mass is 16.5. The van der Waals surface area contributed by atoms with Gasteiger partial charge in [-0.1, -0.05) is 11.2 Å². The summed E-state index contributed by atoms with van der Waals surface area (Å²) in [7, 11) is 4.78. The van der Waals surface area contributed by atoms with E-state index in [1.54, 1.807) is 38.2 Å². The summed E-state index contributed by atoms with van der Waals surface area (Å²) >= 11 is 0. The molecule has 0 saturated carbocycles. The maximum Gasteiger partial charge on any atom is 0.243 e. The molecule has 1 N–H and O–H groups in total. The van der Waals surface area contributed by atoms with Crippen molar-refractivity contribution >= 4 is 5.95 Å². The van der Waals surface area contributed by atoms with E-state index in [4.69, 9.17) is 14.2 Å². The molecule has 0 radical (unpaired) electrons. The molecule has 2 rings (SSSR count). The van der Waals surface area contributed by atoms with Crippen molar-refractivity contribution in [2.75, 3.05) is 26.6 Å². The number of hydrogen-bond donors (Lipinski definition) is 1. The van der Waals surface area contributed by atoms with Gasteiger partial charge in [-0.25, -0.2) is 4.68 Å². The Kier molecular flexibility index (Phi) is 5.18. The second-order valence-corrected chi connectivity index (χ2v) is 4.35. The molecular formula is C14H19N5O3. The molecule has 1 heterocycles. The first-order valence-electron chi connectivity index (χ1n) is 6.63. The maximum atomic E-state index is 5.38. The average molecular weight is 305 g/mol. The highest BCUT2D eigenvalue weighted by molar-refractivity contribution is 5.51. The molecule has 0 amide bonds. The van der Waals surface area contributed by atoms with Crippen LogP contribution in [-0.4, -0.2) is 41.5 Å². The van der Waals surface area contributed by atoms with Gasteiger partial charge in [0.25, 0.3) is 0 Å². The minimum atomic E-state index is 0.473. The summed E-state index contributed by atoms with van der Waals surface area (Å²) in [5.41, 5.74) is 0.897. The number of anilines is 1. The molecule has 8 heteroatoms. The van der Waals surface area contributed by atoms with Crippen LogP contribution in [0, 0.1) is 0 Å². The van der Waals surface area contributed by atoms with Crippen LogP contribution >= 0.6 is 0 Å². The first-order chi connectivity index (χ1) is 10.7. The molecule has 22 heavy (non-hydrogen) atoms. The van der Waals surface area contributed by atoms with E-state index in [2.05, 4.69) is 27.4 Å². The number of rotatable bonds is 8. The number of methoxy groups -OCH3 is 3. The molecular weight excluding hydrogens is 286 g/mol. The lowest BCUT2D eigenvalue weighted by Crippen LogP contribution is -2.09. The summed E-state index contributed by atoms with van der Waals surface area (Å²) < 4.78 is 17.6. The fourth-order valence-corrected chi connectivity index (χ4v) is 1.98. The molecule has 2 aromatic rings. The zero-order valence-corrected chi connectivity index (χ0v) is 12.9. The second-order valence-electron chi connectivity index (χ2n) is 4.35. The normalized spacial score (nSPS) is 10.1. The van der Waals surface area contributed by atoms with Gasteiger partial charge in [0.2, 0.25) is 5.95 Å². The Morgan fingerprint density at radius 1 is 1.14 bits per heavy atom. The van der Waals surface area contributed by atoms with Crippen molar-refractivity contribution in [1.82, 2.24) is 20.2 Å². The third-order valence-electron chi connectivity index (χ3n) is 3.06. The Morgan fingerprint density at radius 3 is 2.45 bits per heavy atom. The van der Waals surface area contributed by atoms with E-state index in [0.717, 1.165) is 5.56 Å². The average Bonchev–Trinajstić information content (AvgIpc) is 2.99. The molecule has 0 unspecified atom stereocenters. The standard InChI is InChI=1S/C14H19N5O3/c1-5-6-19-14(16-17-18-19)15-9-10-7-12(21-3)13(22-4)8-11(10)20-2/h5,7-8H,1,6,9H2,2-4H3,(H,15,16,18). The lowest BCUT2D eigenvalue weighted by molar-refractivity contribution is 0.347. The third-order valence-corrected chi connectivity index (χ3v) is 3.06. The van der Waals surface area contributed by atoms with Crippen LogP contribution in [0.5, 0.6) is 17.2 Å². The van der Waals surface area contributed by atoms with Gasteiger partial charge in [-0.2, -0.15) is 0 Å². The lowest BCUT2D eigenvalue weighted by Gasteiger charge is -2.14. The minimum absolute atomic E-state index is 0.473. The Bertz CT molecular complexity index is 641. The first kappa shape index (κ1) is 15.6. The lowest BCUT2D eigenvalue weighted by atomic mass is 10.1. The number of tetrazole rings is 1. The molecule has 0 fully saturated rings. The van der Waals surface area contributed by atoms with E-state index in [9.17, 15) is 0 Å². The molecule has 0 atom stereocenters. The maximum absolute atomic E-state index is 5.38. The number of nitrogens with zero attached hydrogens (tertiary/aromatic N) is 4. The third kappa shape index (κ3) is 3.27. The largest absolute Gasteiger partial charge is 0.496 e. The van der Waals surface area contributed by atoms with Gasteiger partial charge in [-0.3, -0.25) is 0 Å². The van der Waals surface area contributed by atoms with E-state index in [1.807, 2.05) is 6.07 Å². The van der Waals surface area contributed by atoms with E-state index in [1.165, 1.54) is 0 Å². The van der Waals surface area contributed by atoms with Crippen molar-refractivity contribution in [3.8, 4) is 17.2 Å². The van der Waals surface area contributed by atoms with E-state index < -0.39 is 0 Å². The smallest absolute Gasteiger partial charge is 0.243 e. The number of benzene rings is 1. The molecule has 0 aliphatic rings. The van der Waals surface area contributed by atoms with Crippen LogP contribution in [0.1, 0.15) is 5.56 Å². The summed E-state index contributed by atoms with van der Waals surface area (Å²) in [5, 5.41) is 14.6. The van der Waals surface area contributed by atoms with E-state index in [0.29, 0.717) is 36.3 Å². The van der Waals surface area contributed by atoms with Crippen molar-refractivity contribution in [2.45, 2.75) is 13.1 Å². The van der Waals surface area contributed by atoms with Gasteiger partial charge in [-0.15, -0.1) is 6.58 Å². The van der Waals surface area contributed by atoms with Crippen LogP contribution in [-0.2, 0) is 13.1 Å². The SMILES string of the molecule is C=CCn1nnnc1NCc1cc(OC)c(OC)cc1OC. The molecule has 0 spiro atoms. The summed E-state index contributed by atoms with van der Waals surface area (Å²) in [5.74, 6) is 2.48. The molecule has 118 valence electrons. The molecule has 8 nitrogen and oxygen atoms in total. The highest BCUT2D eigenvalue weighted by Crippen LogP contribution is 2.34. The number of aromatic nitrogens is 4.